The van der Waals surface area contributed by atoms with Gasteiger partial charge in [-0.1, -0.05) is 11.6 Å². The lowest BCUT2D eigenvalue weighted by Gasteiger charge is -2.14. The number of aromatic nitrogens is 3. The molecule has 0 bridgehead atoms. The largest absolute Gasteiger partial charge is 0.354 e. The fourth-order valence-corrected chi connectivity index (χ4v) is 5.24. The molecule has 4 rings (SSSR count). The van der Waals surface area contributed by atoms with Crippen LogP contribution in [0.5, 0.6) is 0 Å². The van der Waals surface area contributed by atoms with Crippen LogP contribution in [0.1, 0.15) is 55.2 Å². The van der Waals surface area contributed by atoms with Crippen LogP contribution < -0.4 is 10.5 Å². The van der Waals surface area contributed by atoms with Gasteiger partial charge in [-0.05, 0) is 63.5 Å². The number of carbonyl (C=O) groups is 1. The zero-order valence-electron chi connectivity index (χ0n) is 15.9. The topological polar surface area (TPSA) is 115 Å². The molecule has 2 aromatic rings. The van der Waals surface area contributed by atoms with Gasteiger partial charge in [-0.15, -0.1) is 4.36 Å². The zero-order valence-corrected chi connectivity index (χ0v) is 17.4. The summed E-state index contributed by atoms with van der Waals surface area (Å²) in [6.45, 7) is 3.81. The summed E-state index contributed by atoms with van der Waals surface area (Å²) in [5, 5.41) is 12.9. The zero-order chi connectivity index (χ0) is 20.1. The molecule has 0 aromatic carbocycles. The molecule has 150 valence electrons. The quantitative estimate of drug-likeness (QED) is 0.788. The maximum Gasteiger partial charge on any atom is 0.354 e. The number of rotatable bonds is 3. The first-order valence-corrected chi connectivity index (χ1v) is 11.4. The van der Waals surface area contributed by atoms with Crippen LogP contribution in [-0.4, -0.2) is 25.0 Å². The summed E-state index contributed by atoms with van der Waals surface area (Å²) in [6.07, 6.45) is 7.13. The number of hydrogen-bond acceptors (Lipinski definition) is 4. The van der Waals surface area contributed by atoms with Crippen molar-refractivity contribution in [3.05, 3.63) is 33.7 Å². The van der Waals surface area contributed by atoms with Crippen LogP contribution in [0.2, 0.25) is 5.02 Å². The molecule has 28 heavy (non-hydrogen) atoms. The highest BCUT2D eigenvalue weighted by atomic mass is 35.5. The first kappa shape index (κ1) is 19.4. The predicted molar refractivity (Wildman–Crippen MR) is 108 cm³/mol. The molecule has 0 radical (unpaired) electrons. The van der Waals surface area contributed by atoms with Gasteiger partial charge in [0.1, 0.15) is 0 Å². The van der Waals surface area contributed by atoms with E-state index in [1.165, 1.54) is 6.20 Å². The second kappa shape index (κ2) is 7.13. The minimum Gasteiger partial charge on any atom is -0.305 e. The molecular formula is C18H23ClN6O2S. The van der Waals surface area contributed by atoms with Gasteiger partial charge in [-0.2, -0.15) is 5.10 Å². The first-order valence-electron chi connectivity index (χ1n) is 9.40. The Hall–Kier alpha value is -1.97. The molecule has 2 aliphatic carbocycles. The Morgan fingerprint density at radius 3 is 2.39 bits per heavy atom. The number of anilines is 1. The van der Waals surface area contributed by atoms with E-state index in [9.17, 15) is 9.00 Å². The van der Waals surface area contributed by atoms with Crippen LogP contribution >= 0.6 is 11.6 Å². The number of urea groups is 1. The molecule has 8 nitrogen and oxygen atoms in total. The minimum atomic E-state index is -3.57. The van der Waals surface area contributed by atoms with E-state index in [0.717, 1.165) is 66.7 Å². The van der Waals surface area contributed by atoms with Gasteiger partial charge in [-0.25, -0.2) is 14.1 Å². The van der Waals surface area contributed by atoms with Crippen molar-refractivity contribution in [3.63, 3.8) is 0 Å². The summed E-state index contributed by atoms with van der Waals surface area (Å²) in [7, 11) is -3.57. The fourth-order valence-electron chi connectivity index (χ4n) is 3.85. The molecule has 2 aromatic heterocycles. The van der Waals surface area contributed by atoms with Gasteiger partial charge < -0.3 is 5.32 Å². The van der Waals surface area contributed by atoms with Crippen LogP contribution in [0.4, 0.5) is 10.5 Å². The van der Waals surface area contributed by atoms with E-state index in [4.69, 9.17) is 21.7 Å². The lowest BCUT2D eigenvalue weighted by molar-refractivity contribution is 0.260. The molecular weight excluding hydrogens is 400 g/mol. The van der Waals surface area contributed by atoms with Crippen molar-refractivity contribution < 1.29 is 9.00 Å². The van der Waals surface area contributed by atoms with Crippen LogP contribution in [0.3, 0.4) is 0 Å². The van der Waals surface area contributed by atoms with E-state index < -0.39 is 15.9 Å². The third kappa shape index (κ3) is 3.42. The first-order chi connectivity index (χ1) is 13.3. The maximum absolute atomic E-state index is 12.9. The highest BCUT2D eigenvalue weighted by Crippen LogP contribution is 2.36. The third-order valence-corrected chi connectivity index (χ3v) is 6.85. The number of pyridine rings is 1. The van der Waals surface area contributed by atoms with Gasteiger partial charge in [0, 0.05) is 23.6 Å². The van der Waals surface area contributed by atoms with Gasteiger partial charge in [0.05, 0.1) is 10.7 Å². The number of fused-ring (bicyclic) bond motifs is 2. The number of aryl methyl sites for hydroxylation is 2. The number of halogens is 1. The van der Waals surface area contributed by atoms with Crippen molar-refractivity contribution in [1.29, 1.82) is 0 Å². The molecule has 0 saturated carbocycles. The van der Waals surface area contributed by atoms with Crippen LogP contribution in [0.15, 0.2) is 15.6 Å². The Labute approximate surface area is 169 Å². The van der Waals surface area contributed by atoms with Crippen LogP contribution in [0.25, 0.3) is 0 Å². The second-order valence-electron chi connectivity index (χ2n) is 7.49. The van der Waals surface area contributed by atoms with Crippen molar-refractivity contribution in [3.8, 4) is 0 Å². The molecule has 2 amide bonds. The Bertz CT molecular complexity index is 1050. The van der Waals surface area contributed by atoms with E-state index in [0.29, 0.717) is 0 Å². The second-order valence-corrected chi connectivity index (χ2v) is 9.60. The summed E-state index contributed by atoms with van der Waals surface area (Å²) in [5.74, 6) is 0. The number of amides is 2. The molecule has 0 fully saturated rings. The molecule has 3 N–H and O–H groups in total. The Morgan fingerprint density at radius 2 is 1.86 bits per heavy atom. The van der Waals surface area contributed by atoms with E-state index in [1.54, 1.807) is 4.68 Å². The SMILES string of the molecule is CC(C)n1cc(Cl)c(S(N)(=O)=NC(=O)Nc2c3c(nc4c2CCC4)CCC3)n1. The fraction of sp³-hybridized carbons (Fsp3) is 0.500. The minimum absolute atomic E-state index is 0.0114. The van der Waals surface area contributed by atoms with Gasteiger partial charge in [0.25, 0.3) is 0 Å². The van der Waals surface area contributed by atoms with E-state index in [-0.39, 0.29) is 16.1 Å². The van der Waals surface area contributed by atoms with Crippen molar-refractivity contribution >= 4 is 33.2 Å². The lowest BCUT2D eigenvalue weighted by atomic mass is 10.1. The van der Waals surface area contributed by atoms with Crippen LogP contribution in [0, 0.1) is 0 Å². The van der Waals surface area contributed by atoms with Gasteiger partial charge in [0.15, 0.2) is 14.9 Å². The monoisotopic (exact) mass is 422 g/mol. The number of carbonyl (C=O) groups excluding carboxylic acids is 1. The standard InChI is InChI=1S/C18H23ClN6O2S/c1-10(2)25-9-13(19)17(23-25)28(20,27)24-18(26)22-16-11-5-3-7-14(11)21-15-8-4-6-12(15)16/h9-10H,3-8H2,1-2H3,(H3,20,21,22,24,26,27). The smallest absolute Gasteiger partial charge is 0.305 e. The average Bonchev–Trinajstić information content (AvgIpc) is 3.32. The third-order valence-electron chi connectivity index (χ3n) is 5.16. The average molecular weight is 423 g/mol. The maximum atomic E-state index is 12.9. The predicted octanol–water partition coefficient (Wildman–Crippen LogP) is 3.42. The summed E-state index contributed by atoms with van der Waals surface area (Å²) in [6, 6.07) is -0.741. The van der Waals surface area contributed by atoms with Crippen molar-refractivity contribution in [2.24, 2.45) is 9.50 Å². The Kier molecular flexibility index (Phi) is 4.93. The highest BCUT2D eigenvalue weighted by Gasteiger charge is 2.27. The summed E-state index contributed by atoms with van der Waals surface area (Å²) < 4.78 is 18.2. The summed E-state index contributed by atoms with van der Waals surface area (Å²) in [5.41, 5.74) is 4.99. The molecule has 0 saturated heterocycles. The Balaban J connectivity index is 1.68. The molecule has 2 aliphatic rings. The number of hydrogen-bond donors (Lipinski definition) is 2. The molecule has 2 heterocycles. The number of nitrogens with zero attached hydrogens (tertiary/aromatic N) is 4. The van der Waals surface area contributed by atoms with E-state index in [1.807, 2.05) is 13.8 Å². The van der Waals surface area contributed by atoms with Crippen LogP contribution in [-0.2, 0) is 35.6 Å². The highest BCUT2D eigenvalue weighted by molar-refractivity contribution is 7.91. The van der Waals surface area contributed by atoms with E-state index in [2.05, 4.69) is 14.8 Å². The molecule has 1 atom stereocenters. The van der Waals surface area contributed by atoms with Crippen molar-refractivity contribution in [1.82, 2.24) is 14.8 Å². The van der Waals surface area contributed by atoms with Gasteiger partial charge in [0.2, 0.25) is 0 Å². The normalized spacial score (nSPS) is 17.3. The number of nitrogens with two attached hydrogens (primary N) is 1. The molecule has 10 heteroatoms. The van der Waals surface area contributed by atoms with E-state index >= 15 is 0 Å². The van der Waals surface area contributed by atoms with Gasteiger partial charge >= 0.3 is 6.03 Å². The Morgan fingerprint density at radius 1 is 1.25 bits per heavy atom. The summed E-state index contributed by atoms with van der Waals surface area (Å²) >= 11 is 6.13. The molecule has 0 aliphatic heterocycles. The summed E-state index contributed by atoms with van der Waals surface area (Å²) in [4.78, 5) is 17.4. The van der Waals surface area contributed by atoms with Crippen molar-refractivity contribution in [2.75, 3.05) is 5.32 Å². The molecule has 0 spiro atoms. The van der Waals surface area contributed by atoms with Gasteiger partial charge in [-0.3, -0.25) is 9.67 Å². The van der Waals surface area contributed by atoms with Crippen molar-refractivity contribution in [2.45, 2.75) is 63.4 Å². The number of nitrogens with one attached hydrogen (secondary N) is 1. The lowest BCUT2D eigenvalue weighted by Crippen LogP contribution is -2.20. The molecule has 1 unspecified atom stereocenters.